The SMILES string of the molecule is O=C(Nc1cccc2c[nH+]ccc12)C1=C2C=CC=CN2C(c2cccnc2)N1. The molecule has 0 spiro atoms. The maximum Gasteiger partial charge on any atom is 0.273 e. The Kier molecular flexibility index (Phi) is 3.87. The average Bonchev–Trinajstić information content (AvgIpc) is 3.15. The molecule has 2 aromatic heterocycles. The van der Waals surface area contributed by atoms with Gasteiger partial charge < -0.3 is 15.5 Å². The number of pyridine rings is 2. The van der Waals surface area contributed by atoms with E-state index < -0.39 is 0 Å². The van der Waals surface area contributed by atoms with Crippen LogP contribution in [0.5, 0.6) is 0 Å². The zero-order chi connectivity index (χ0) is 18.9. The smallest absolute Gasteiger partial charge is 0.273 e. The Labute approximate surface area is 161 Å². The van der Waals surface area contributed by atoms with Crippen molar-refractivity contribution in [1.29, 1.82) is 0 Å². The van der Waals surface area contributed by atoms with Crippen LogP contribution >= 0.6 is 0 Å². The van der Waals surface area contributed by atoms with Crippen LogP contribution in [0, 0.1) is 0 Å². The number of rotatable bonds is 3. The second kappa shape index (κ2) is 6.66. The minimum atomic E-state index is -0.174. The molecule has 2 aliphatic heterocycles. The summed E-state index contributed by atoms with van der Waals surface area (Å²) in [6.45, 7) is 0. The van der Waals surface area contributed by atoms with Crippen molar-refractivity contribution in [3.05, 3.63) is 103 Å². The van der Waals surface area contributed by atoms with Crippen LogP contribution in [0.4, 0.5) is 5.69 Å². The van der Waals surface area contributed by atoms with Crippen LogP contribution in [0.3, 0.4) is 0 Å². The van der Waals surface area contributed by atoms with Crippen LogP contribution in [0.1, 0.15) is 11.7 Å². The number of amides is 1. The van der Waals surface area contributed by atoms with E-state index in [4.69, 9.17) is 0 Å². The molecule has 28 heavy (non-hydrogen) atoms. The number of aromatic amines is 1. The second-order valence-corrected chi connectivity index (χ2v) is 6.61. The van der Waals surface area contributed by atoms with Gasteiger partial charge >= 0.3 is 0 Å². The first-order valence-corrected chi connectivity index (χ1v) is 9.05. The van der Waals surface area contributed by atoms with Gasteiger partial charge in [0, 0.05) is 46.7 Å². The third-order valence-electron chi connectivity index (χ3n) is 4.91. The number of carbonyl (C=O) groups excluding carboxylic acids is 1. The molecule has 0 radical (unpaired) electrons. The molecule has 1 aromatic carbocycles. The highest BCUT2D eigenvalue weighted by Crippen LogP contribution is 2.34. The Balaban J connectivity index is 1.48. The molecule has 2 aliphatic rings. The number of anilines is 1. The van der Waals surface area contributed by atoms with Gasteiger partial charge in [-0.3, -0.25) is 9.78 Å². The number of carbonyl (C=O) groups is 1. The number of aromatic nitrogens is 2. The summed E-state index contributed by atoms with van der Waals surface area (Å²) in [6.07, 6.45) is 14.9. The number of hydrogen-bond donors (Lipinski definition) is 2. The van der Waals surface area contributed by atoms with Crippen molar-refractivity contribution < 1.29 is 9.78 Å². The number of hydrogen-bond acceptors (Lipinski definition) is 4. The highest BCUT2D eigenvalue weighted by Gasteiger charge is 2.34. The van der Waals surface area contributed by atoms with E-state index in [1.54, 1.807) is 6.20 Å². The van der Waals surface area contributed by atoms with E-state index in [-0.39, 0.29) is 12.1 Å². The molecule has 0 aliphatic carbocycles. The first kappa shape index (κ1) is 16.3. The van der Waals surface area contributed by atoms with E-state index in [0.29, 0.717) is 5.70 Å². The van der Waals surface area contributed by atoms with Gasteiger partial charge in [-0.25, -0.2) is 4.98 Å². The van der Waals surface area contributed by atoms with Crippen molar-refractivity contribution >= 4 is 22.4 Å². The Hall–Kier alpha value is -3.93. The van der Waals surface area contributed by atoms with Gasteiger partial charge in [0.1, 0.15) is 11.9 Å². The number of nitrogens with one attached hydrogen (secondary N) is 3. The summed E-state index contributed by atoms with van der Waals surface area (Å²) in [5.74, 6) is -0.174. The molecule has 3 aromatic rings. The molecule has 0 fully saturated rings. The molecule has 136 valence electrons. The Morgan fingerprint density at radius 2 is 2.14 bits per heavy atom. The maximum atomic E-state index is 13.2. The van der Waals surface area contributed by atoms with E-state index in [1.807, 2.05) is 84.3 Å². The van der Waals surface area contributed by atoms with E-state index in [0.717, 1.165) is 27.7 Å². The van der Waals surface area contributed by atoms with Crippen molar-refractivity contribution in [2.75, 3.05) is 5.32 Å². The molecule has 0 bridgehead atoms. The van der Waals surface area contributed by atoms with E-state index >= 15 is 0 Å². The van der Waals surface area contributed by atoms with Gasteiger partial charge in [0.15, 0.2) is 12.4 Å². The summed E-state index contributed by atoms with van der Waals surface area (Å²) < 4.78 is 0. The van der Waals surface area contributed by atoms with Crippen molar-refractivity contribution in [3.63, 3.8) is 0 Å². The fourth-order valence-electron chi connectivity index (χ4n) is 3.59. The number of benzene rings is 1. The lowest BCUT2D eigenvalue weighted by molar-refractivity contribution is -0.375. The molecule has 3 N–H and O–H groups in total. The summed E-state index contributed by atoms with van der Waals surface area (Å²) in [7, 11) is 0. The fraction of sp³-hybridized carbons (Fsp3) is 0.0455. The number of nitrogens with zero attached hydrogens (tertiary/aromatic N) is 2. The summed E-state index contributed by atoms with van der Waals surface area (Å²) in [6, 6.07) is 11.7. The maximum absolute atomic E-state index is 13.2. The molecule has 1 unspecified atom stereocenters. The third kappa shape index (κ3) is 2.72. The van der Waals surface area contributed by atoms with Gasteiger partial charge in [0.2, 0.25) is 0 Å². The Morgan fingerprint density at radius 1 is 1.18 bits per heavy atom. The molecule has 6 heteroatoms. The van der Waals surface area contributed by atoms with Crippen molar-refractivity contribution in [3.8, 4) is 0 Å². The molecule has 6 nitrogen and oxygen atoms in total. The van der Waals surface area contributed by atoms with Crippen LogP contribution in [0.25, 0.3) is 10.8 Å². The highest BCUT2D eigenvalue weighted by molar-refractivity contribution is 6.09. The van der Waals surface area contributed by atoms with Gasteiger partial charge in [-0.15, -0.1) is 0 Å². The first-order valence-electron chi connectivity index (χ1n) is 9.05. The lowest BCUT2D eigenvalue weighted by atomic mass is 10.1. The minimum absolute atomic E-state index is 0.173. The van der Waals surface area contributed by atoms with E-state index in [1.165, 1.54) is 0 Å². The zero-order valence-corrected chi connectivity index (χ0v) is 15.0. The molecular weight excluding hydrogens is 350 g/mol. The standard InChI is InChI=1S/C22H17N5O/c28-22(25-18-7-3-5-15-13-24-11-9-17(15)18)20-19-8-1-2-12-27(19)21(26-20)16-6-4-10-23-14-16/h1-14,21,26H,(H,25,28)/p+1. The summed E-state index contributed by atoms with van der Waals surface area (Å²) in [4.78, 5) is 22.5. The topological polar surface area (TPSA) is 71.4 Å². The normalized spacial score (nSPS) is 17.6. The molecule has 0 saturated heterocycles. The number of fused-ring (bicyclic) bond motifs is 2. The molecule has 1 amide bonds. The van der Waals surface area contributed by atoms with Crippen molar-refractivity contribution in [1.82, 2.24) is 15.2 Å². The molecular formula is C22H18N5O+. The molecule has 1 atom stereocenters. The molecule has 5 rings (SSSR count). The molecule has 4 heterocycles. The highest BCUT2D eigenvalue weighted by atomic mass is 16.2. The van der Waals surface area contributed by atoms with E-state index in [9.17, 15) is 4.79 Å². The summed E-state index contributed by atoms with van der Waals surface area (Å²) >= 11 is 0. The third-order valence-corrected chi connectivity index (χ3v) is 4.91. The minimum Gasteiger partial charge on any atom is -0.355 e. The second-order valence-electron chi connectivity index (χ2n) is 6.61. The van der Waals surface area contributed by atoms with Gasteiger partial charge in [-0.05, 0) is 30.4 Å². The van der Waals surface area contributed by atoms with Gasteiger partial charge in [-0.1, -0.05) is 18.2 Å². The van der Waals surface area contributed by atoms with Gasteiger partial charge in [0.05, 0.1) is 5.70 Å². The predicted molar refractivity (Wildman–Crippen MR) is 106 cm³/mol. The quantitative estimate of drug-likeness (QED) is 0.746. The van der Waals surface area contributed by atoms with Gasteiger partial charge in [-0.2, -0.15) is 0 Å². The largest absolute Gasteiger partial charge is 0.355 e. The predicted octanol–water partition coefficient (Wildman–Crippen LogP) is 2.89. The van der Waals surface area contributed by atoms with Gasteiger partial charge in [0.25, 0.3) is 5.91 Å². The summed E-state index contributed by atoms with van der Waals surface area (Å²) in [5, 5.41) is 8.44. The number of allylic oxidation sites excluding steroid dienone is 3. The Morgan fingerprint density at radius 3 is 3.04 bits per heavy atom. The molecule has 0 saturated carbocycles. The lowest BCUT2D eigenvalue weighted by Crippen LogP contribution is -2.28. The zero-order valence-electron chi connectivity index (χ0n) is 15.0. The van der Waals surface area contributed by atoms with Crippen LogP contribution in [-0.2, 0) is 4.79 Å². The summed E-state index contributed by atoms with van der Waals surface area (Å²) in [5.41, 5.74) is 3.14. The van der Waals surface area contributed by atoms with Crippen LogP contribution in [0.15, 0.2) is 97.0 Å². The van der Waals surface area contributed by atoms with Crippen LogP contribution in [0.2, 0.25) is 0 Å². The van der Waals surface area contributed by atoms with E-state index in [2.05, 4.69) is 20.6 Å². The monoisotopic (exact) mass is 368 g/mol. The average molecular weight is 368 g/mol. The fourth-order valence-corrected chi connectivity index (χ4v) is 3.59. The Bertz CT molecular complexity index is 1140. The first-order chi connectivity index (χ1) is 13.8. The van der Waals surface area contributed by atoms with Crippen LogP contribution < -0.4 is 15.6 Å². The number of H-pyrrole nitrogens is 1. The lowest BCUT2D eigenvalue weighted by Gasteiger charge is -2.25. The van der Waals surface area contributed by atoms with Crippen molar-refractivity contribution in [2.45, 2.75) is 6.17 Å². The van der Waals surface area contributed by atoms with Crippen LogP contribution in [-0.4, -0.2) is 15.8 Å². The van der Waals surface area contributed by atoms with Crippen molar-refractivity contribution in [2.24, 2.45) is 0 Å².